The molecule has 1 unspecified atom stereocenters. The molecule has 0 radical (unpaired) electrons. The van der Waals surface area contributed by atoms with Gasteiger partial charge in [-0.05, 0) is 36.9 Å². The van der Waals surface area contributed by atoms with E-state index in [-0.39, 0.29) is 5.41 Å². The molecule has 3 heteroatoms. The molecule has 0 aromatic heterocycles. The highest BCUT2D eigenvalue weighted by molar-refractivity contribution is 6.30. The number of hydrogen-bond donors (Lipinski definition) is 1. The Morgan fingerprint density at radius 2 is 2.05 bits per heavy atom. The molecule has 1 saturated heterocycles. The first-order valence-electron chi connectivity index (χ1n) is 7.02. The Bertz CT molecular complexity index is 445. The number of ether oxygens (including phenoxy) is 1. The number of nitrogens with one attached hydrogen (secondary N) is 1. The van der Waals surface area contributed by atoms with Crippen molar-refractivity contribution < 1.29 is 4.74 Å². The summed E-state index contributed by atoms with van der Waals surface area (Å²) in [6.45, 7) is 8.73. The van der Waals surface area contributed by atoms with Gasteiger partial charge in [-0.15, -0.1) is 0 Å². The fraction of sp³-hybridized carbons (Fsp3) is 0.625. The minimum atomic E-state index is 0.0348. The van der Waals surface area contributed by atoms with Gasteiger partial charge in [0.15, 0.2) is 0 Å². The number of hydrogen-bond acceptors (Lipinski definition) is 2. The summed E-state index contributed by atoms with van der Waals surface area (Å²) in [5, 5.41) is 4.28. The summed E-state index contributed by atoms with van der Waals surface area (Å²) in [6.07, 6.45) is 2.42. The molecule has 106 valence electrons. The van der Waals surface area contributed by atoms with Gasteiger partial charge in [-0.25, -0.2) is 0 Å². The van der Waals surface area contributed by atoms with Gasteiger partial charge < -0.3 is 10.1 Å². The highest BCUT2D eigenvalue weighted by Crippen LogP contribution is 2.41. The zero-order chi connectivity index (χ0) is 14.0. The summed E-state index contributed by atoms with van der Waals surface area (Å²) in [7, 11) is 1.76. The SMILES string of the molecule is COc1c(C2CCCNC2)cc(Cl)cc1C(C)(C)C. The molecule has 19 heavy (non-hydrogen) atoms. The van der Waals surface area contributed by atoms with Crippen LogP contribution in [0.1, 0.15) is 50.7 Å². The van der Waals surface area contributed by atoms with Crippen LogP contribution in [0.4, 0.5) is 0 Å². The van der Waals surface area contributed by atoms with Crippen LogP contribution >= 0.6 is 11.6 Å². The second kappa shape index (κ2) is 5.72. The standard InChI is InChI=1S/C16H24ClNO/c1-16(2,3)14-9-12(17)8-13(15(14)19-4)11-6-5-7-18-10-11/h8-9,11,18H,5-7,10H2,1-4H3. The highest BCUT2D eigenvalue weighted by atomic mass is 35.5. The van der Waals surface area contributed by atoms with E-state index in [4.69, 9.17) is 16.3 Å². The average Bonchev–Trinajstić information content (AvgIpc) is 2.37. The van der Waals surface area contributed by atoms with E-state index in [2.05, 4.69) is 32.2 Å². The Labute approximate surface area is 121 Å². The first-order chi connectivity index (χ1) is 8.93. The van der Waals surface area contributed by atoms with Gasteiger partial charge in [0.25, 0.3) is 0 Å². The predicted molar refractivity (Wildman–Crippen MR) is 81.5 cm³/mol. The van der Waals surface area contributed by atoms with Crippen LogP contribution in [0.2, 0.25) is 5.02 Å². The molecular formula is C16H24ClNO. The van der Waals surface area contributed by atoms with E-state index in [1.807, 2.05) is 6.07 Å². The van der Waals surface area contributed by atoms with Crippen molar-refractivity contribution in [2.75, 3.05) is 20.2 Å². The lowest BCUT2D eigenvalue weighted by molar-refractivity contribution is 0.378. The lowest BCUT2D eigenvalue weighted by Gasteiger charge is -2.29. The maximum Gasteiger partial charge on any atom is 0.126 e. The average molecular weight is 282 g/mol. The van der Waals surface area contributed by atoms with Gasteiger partial charge in [-0.3, -0.25) is 0 Å². The summed E-state index contributed by atoms with van der Waals surface area (Å²) in [5.74, 6) is 1.52. The van der Waals surface area contributed by atoms with Gasteiger partial charge in [-0.2, -0.15) is 0 Å². The molecule has 1 N–H and O–H groups in total. The van der Waals surface area contributed by atoms with Crippen molar-refractivity contribution in [2.24, 2.45) is 0 Å². The van der Waals surface area contributed by atoms with E-state index in [1.165, 1.54) is 24.0 Å². The van der Waals surface area contributed by atoms with E-state index < -0.39 is 0 Å². The molecule has 0 spiro atoms. The fourth-order valence-electron chi connectivity index (χ4n) is 2.82. The number of halogens is 1. The zero-order valence-electron chi connectivity index (χ0n) is 12.3. The first kappa shape index (κ1) is 14.7. The Hall–Kier alpha value is -0.730. The summed E-state index contributed by atoms with van der Waals surface area (Å²) >= 11 is 6.33. The molecule has 0 aliphatic carbocycles. The van der Waals surface area contributed by atoms with Crippen molar-refractivity contribution >= 4 is 11.6 Å². The molecule has 0 bridgehead atoms. The molecule has 2 nitrogen and oxygen atoms in total. The van der Waals surface area contributed by atoms with Gasteiger partial charge in [0, 0.05) is 28.6 Å². The second-order valence-corrected chi connectivity index (χ2v) is 6.81. The van der Waals surface area contributed by atoms with Crippen molar-refractivity contribution in [3.8, 4) is 5.75 Å². The maximum atomic E-state index is 6.33. The molecule has 0 amide bonds. The lowest BCUT2D eigenvalue weighted by atomic mass is 9.82. The summed E-state index contributed by atoms with van der Waals surface area (Å²) in [5.41, 5.74) is 2.49. The van der Waals surface area contributed by atoms with Crippen molar-refractivity contribution in [3.05, 3.63) is 28.3 Å². The third-order valence-corrected chi connectivity index (χ3v) is 4.05. The second-order valence-electron chi connectivity index (χ2n) is 6.37. The van der Waals surface area contributed by atoms with E-state index in [9.17, 15) is 0 Å². The van der Waals surface area contributed by atoms with E-state index in [0.29, 0.717) is 5.92 Å². The Morgan fingerprint density at radius 1 is 1.32 bits per heavy atom. The quantitative estimate of drug-likeness (QED) is 0.881. The Kier molecular flexibility index (Phi) is 4.42. The molecule has 1 aromatic carbocycles. The van der Waals surface area contributed by atoms with Crippen LogP contribution in [0.5, 0.6) is 5.75 Å². The number of methoxy groups -OCH3 is 1. The van der Waals surface area contributed by atoms with E-state index in [1.54, 1.807) is 7.11 Å². The van der Waals surface area contributed by atoms with Crippen LogP contribution in [-0.4, -0.2) is 20.2 Å². The molecule has 0 saturated carbocycles. The Morgan fingerprint density at radius 3 is 2.58 bits per heavy atom. The third kappa shape index (κ3) is 3.24. The minimum absolute atomic E-state index is 0.0348. The Balaban J connectivity index is 2.50. The van der Waals surface area contributed by atoms with Gasteiger partial charge >= 0.3 is 0 Å². The maximum absolute atomic E-state index is 6.33. The monoisotopic (exact) mass is 281 g/mol. The fourth-order valence-corrected chi connectivity index (χ4v) is 3.05. The van der Waals surface area contributed by atoms with Crippen LogP contribution in [0.15, 0.2) is 12.1 Å². The smallest absolute Gasteiger partial charge is 0.126 e. The molecule has 1 aliphatic heterocycles. The summed E-state index contributed by atoms with van der Waals surface area (Å²) in [4.78, 5) is 0. The molecule has 1 atom stereocenters. The van der Waals surface area contributed by atoms with Crippen LogP contribution in [0.3, 0.4) is 0 Å². The van der Waals surface area contributed by atoms with Crippen molar-refractivity contribution in [2.45, 2.75) is 44.9 Å². The van der Waals surface area contributed by atoms with Crippen LogP contribution < -0.4 is 10.1 Å². The molecule has 1 aliphatic rings. The highest BCUT2D eigenvalue weighted by Gasteiger charge is 2.26. The van der Waals surface area contributed by atoms with Crippen LogP contribution in [-0.2, 0) is 5.41 Å². The van der Waals surface area contributed by atoms with Gasteiger partial charge in [-0.1, -0.05) is 32.4 Å². The summed E-state index contributed by atoms with van der Waals surface area (Å²) < 4.78 is 5.72. The first-order valence-corrected chi connectivity index (χ1v) is 7.40. The third-order valence-electron chi connectivity index (χ3n) is 3.83. The molecule has 2 rings (SSSR count). The topological polar surface area (TPSA) is 21.3 Å². The van der Waals surface area contributed by atoms with Gasteiger partial charge in [0.2, 0.25) is 0 Å². The lowest BCUT2D eigenvalue weighted by Crippen LogP contribution is -2.29. The van der Waals surface area contributed by atoms with Crippen LogP contribution in [0, 0.1) is 0 Å². The number of benzene rings is 1. The minimum Gasteiger partial charge on any atom is -0.496 e. The molecular weight excluding hydrogens is 258 g/mol. The largest absolute Gasteiger partial charge is 0.496 e. The zero-order valence-corrected chi connectivity index (χ0v) is 13.1. The summed E-state index contributed by atoms with van der Waals surface area (Å²) in [6, 6.07) is 4.12. The molecule has 1 fully saturated rings. The van der Waals surface area contributed by atoms with Crippen molar-refractivity contribution in [1.29, 1.82) is 0 Å². The normalized spacial score (nSPS) is 20.4. The van der Waals surface area contributed by atoms with E-state index in [0.717, 1.165) is 23.9 Å². The van der Waals surface area contributed by atoms with Crippen molar-refractivity contribution in [1.82, 2.24) is 5.32 Å². The van der Waals surface area contributed by atoms with Gasteiger partial charge in [0.05, 0.1) is 7.11 Å². The number of rotatable bonds is 2. The van der Waals surface area contributed by atoms with E-state index >= 15 is 0 Å². The molecule has 1 aromatic rings. The van der Waals surface area contributed by atoms with Crippen molar-refractivity contribution in [3.63, 3.8) is 0 Å². The predicted octanol–water partition coefficient (Wildman–Crippen LogP) is 4.11. The number of piperidine rings is 1. The molecule has 1 heterocycles. The van der Waals surface area contributed by atoms with Gasteiger partial charge in [0.1, 0.15) is 5.75 Å². The van der Waals surface area contributed by atoms with Crippen LogP contribution in [0.25, 0.3) is 0 Å².